The number of para-hydroxylation sites is 2. The minimum Gasteiger partial charge on any atom is -0.355 e. The van der Waals surface area contributed by atoms with Crippen LogP contribution in [-0.4, -0.2) is 29.8 Å². The highest BCUT2D eigenvalue weighted by Gasteiger charge is 2.14. The fourth-order valence-corrected chi connectivity index (χ4v) is 3.06. The van der Waals surface area contributed by atoms with Crippen molar-refractivity contribution in [1.82, 2.24) is 4.90 Å². The van der Waals surface area contributed by atoms with E-state index in [0.717, 1.165) is 11.4 Å². The Labute approximate surface area is 171 Å². The zero-order valence-corrected chi connectivity index (χ0v) is 16.7. The van der Waals surface area contributed by atoms with Crippen molar-refractivity contribution >= 4 is 28.9 Å². The Balaban J connectivity index is 1.73. The van der Waals surface area contributed by atoms with Crippen molar-refractivity contribution in [3.63, 3.8) is 0 Å². The fraction of sp³-hybridized carbons (Fsp3) is 0.167. The van der Waals surface area contributed by atoms with Crippen molar-refractivity contribution < 1.29 is 9.59 Å². The highest BCUT2D eigenvalue weighted by Crippen LogP contribution is 2.22. The summed E-state index contributed by atoms with van der Waals surface area (Å²) in [6.07, 6.45) is 0. The van der Waals surface area contributed by atoms with Crippen molar-refractivity contribution in [3.05, 3.63) is 90.0 Å². The van der Waals surface area contributed by atoms with Crippen LogP contribution < -0.4 is 10.6 Å². The van der Waals surface area contributed by atoms with Crippen molar-refractivity contribution in [2.24, 2.45) is 0 Å². The van der Waals surface area contributed by atoms with E-state index in [2.05, 4.69) is 10.6 Å². The van der Waals surface area contributed by atoms with Crippen molar-refractivity contribution in [2.45, 2.75) is 13.8 Å². The molecule has 5 nitrogen and oxygen atoms in total. The predicted molar refractivity (Wildman–Crippen MR) is 118 cm³/mol. The number of carbonyl (C=O) groups is 2. The molecule has 0 aliphatic heterocycles. The van der Waals surface area contributed by atoms with E-state index in [1.165, 1.54) is 0 Å². The van der Waals surface area contributed by atoms with Gasteiger partial charge in [0.2, 0.25) is 0 Å². The van der Waals surface area contributed by atoms with Gasteiger partial charge in [-0.3, -0.25) is 9.59 Å². The summed E-state index contributed by atoms with van der Waals surface area (Å²) < 4.78 is 0. The lowest BCUT2D eigenvalue weighted by atomic mass is 10.1. The summed E-state index contributed by atoms with van der Waals surface area (Å²) in [6.45, 7) is 5.24. The van der Waals surface area contributed by atoms with Crippen molar-refractivity contribution in [1.29, 1.82) is 0 Å². The molecule has 0 aliphatic rings. The molecule has 5 heteroatoms. The third-order valence-corrected chi connectivity index (χ3v) is 4.66. The Kier molecular flexibility index (Phi) is 6.63. The summed E-state index contributed by atoms with van der Waals surface area (Å²) in [5, 5.41) is 6.18. The first-order valence-corrected chi connectivity index (χ1v) is 9.74. The zero-order chi connectivity index (χ0) is 20.6. The van der Waals surface area contributed by atoms with Crippen LogP contribution in [0.2, 0.25) is 0 Å². The Morgan fingerprint density at radius 2 is 1.38 bits per heavy atom. The molecule has 0 fully saturated rings. The summed E-state index contributed by atoms with van der Waals surface area (Å²) in [7, 11) is 0. The molecule has 0 unspecified atom stereocenters. The van der Waals surface area contributed by atoms with Gasteiger partial charge in [0, 0.05) is 30.0 Å². The number of nitrogens with zero attached hydrogens (tertiary/aromatic N) is 1. The summed E-state index contributed by atoms with van der Waals surface area (Å²) in [6, 6.07) is 24.1. The van der Waals surface area contributed by atoms with Gasteiger partial charge in [-0.15, -0.1) is 0 Å². The predicted octanol–water partition coefficient (Wildman–Crippen LogP) is 5.16. The first kappa shape index (κ1) is 20.1. The molecule has 0 saturated heterocycles. The number of benzene rings is 3. The van der Waals surface area contributed by atoms with E-state index in [1.807, 2.05) is 62.4 Å². The molecular weight excluding hydrogens is 362 g/mol. The third-order valence-electron chi connectivity index (χ3n) is 4.66. The van der Waals surface area contributed by atoms with Gasteiger partial charge in [-0.25, -0.2) is 0 Å². The number of anilines is 3. The van der Waals surface area contributed by atoms with Crippen LogP contribution in [-0.2, 0) is 0 Å². The average Bonchev–Trinajstić information content (AvgIpc) is 2.76. The fourth-order valence-electron chi connectivity index (χ4n) is 3.06. The maximum atomic E-state index is 12.8. The molecule has 148 valence electrons. The van der Waals surface area contributed by atoms with Crippen LogP contribution in [0, 0.1) is 0 Å². The standard InChI is InChI=1S/C24H25N3O2/c1-3-27(4-2)24(29)18-14-16-20(17-15-18)26-23(28)21-12-8-9-13-22(21)25-19-10-6-5-7-11-19/h5-17,25H,3-4H2,1-2H3,(H,26,28). The Morgan fingerprint density at radius 3 is 2.03 bits per heavy atom. The van der Waals surface area contributed by atoms with E-state index < -0.39 is 0 Å². The largest absolute Gasteiger partial charge is 0.355 e. The topological polar surface area (TPSA) is 61.4 Å². The summed E-state index contributed by atoms with van der Waals surface area (Å²) in [5.74, 6) is -0.225. The summed E-state index contributed by atoms with van der Waals surface area (Å²) >= 11 is 0. The van der Waals surface area contributed by atoms with Crippen LogP contribution in [0.1, 0.15) is 34.6 Å². The number of carbonyl (C=O) groups excluding carboxylic acids is 2. The van der Waals surface area contributed by atoms with E-state index in [-0.39, 0.29) is 11.8 Å². The maximum absolute atomic E-state index is 12.8. The molecule has 29 heavy (non-hydrogen) atoms. The molecule has 2 amide bonds. The molecule has 0 spiro atoms. The molecule has 3 aromatic rings. The monoisotopic (exact) mass is 387 g/mol. The van der Waals surface area contributed by atoms with Gasteiger partial charge >= 0.3 is 0 Å². The first-order chi connectivity index (χ1) is 14.1. The van der Waals surface area contributed by atoms with Gasteiger partial charge in [-0.05, 0) is 62.4 Å². The lowest BCUT2D eigenvalue weighted by Crippen LogP contribution is -2.30. The molecule has 0 atom stereocenters. The van der Waals surface area contributed by atoms with Gasteiger partial charge < -0.3 is 15.5 Å². The molecule has 0 radical (unpaired) electrons. The highest BCUT2D eigenvalue weighted by molar-refractivity contribution is 6.08. The number of nitrogens with one attached hydrogen (secondary N) is 2. The van der Waals surface area contributed by atoms with Crippen LogP contribution in [0.5, 0.6) is 0 Å². The van der Waals surface area contributed by atoms with E-state index >= 15 is 0 Å². The van der Waals surface area contributed by atoms with Crippen LogP contribution in [0.4, 0.5) is 17.1 Å². The van der Waals surface area contributed by atoms with Crippen LogP contribution in [0.25, 0.3) is 0 Å². The molecule has 3 rings (SSSR count). The van der Waals surface area contributed by atoms with E-state index in [9.17, 15) is 9.59 Å². The number of rotatable bonds is 7. The molecule has 0 bridgehead atoms. The summed E-state index contributed by atoms with van der Waals surface area (Å²) in [4.78, 5) is 27.0. The first-order valence-electron chi connectivity index (χ1n) is 9.74. The van der Waals surface area contributed by atoms with Crippen molar-refractivity contribution in [3.8, 4) is 0 Å². The van der Waals surface area contributed by atoms with Gasteiger partial charge in [0.25, 0.3) is 11.8 Å². The number of hydrogen-bond donors (Lipinski definition) is 2. The minimum absolute atomic E-state index is 0.00900. The van der Waals surface area contributed by atoms with Gasteiger partial charge in [0.15, 0.2) is 0 Å². The second-order valence-corrected chi connectivity index (χ2v) is 6.55. The SMILES string of the molecule is CCN(CC)C(=O)c1ccc(NC(=O)c2ccccc2Nc2ccccc2)cc1. The van der Waals surface area contributed by atoms with Gasteiger partial charge in [0.05, 0.1) is 11.3 Å². The minimum atomic E-state index is -0.216. The lowest BCUT2D eigenvalue weighted by molar-refractivity contribution is 0.0773. The second-order valence-electron chi connectivity index (χ2n) is 6.55. The van der Waals surface area contributed by atoms with Crippen LogP contribution in [0.3, 0.4) is 0 Å². The normalized spacial score (nSPS) is 10.3. The molecule has 0 aromatic heterocycles. The molecule has 0 aliphatic carbocycles. The van der Waals surface area contributed by atoms with Gasteiger partial charge in [-0.2, -0.15) is 0 Å². The molecule has 0 saturated carbocycles. The van der Waals surface area contributed by atoms with E-state index in [1.54, 1.807) is 35.2 Å². The van der Waals surface area contributed by atoms with E-state index in [0.29, 0.717) is 29.9 Å². The Bertz CT molecular complexity index is 965. The van der Waals surface area contributed by atoms with Crippen LogP contribution in [0.15, 0.2) is 78.9 Å². The smallest absolute Gasteiger partial charge is 0.257 e. The second kappa shape index (κ2) is 9.55. The molecule has 2 N–H and O–H groups in total. The maximum Gasteiger partial charge on any atom is 0.257 e. The van der Waals surface area contributed by atoms with Gasteiger partial charge in [0.1, 0.15) is 0 Å². The van der Waals surface area contributed by atoms with Crippen LogP contribution >= 0.6 is 0 Å². The lowest BCUT2D eigenvalue weighted by Gasteiger charge is -2.18. The zero-order valence-electron chi connectivity index (χ0n) is 16.7. The Morgan fingerprint density at radius 1 is 0.759 bits per heavy atom. The summed E-state index contributed by atoms with van der Waals surface area (Å²) in [5.41, 5.74) is 3.43. The number of hydrogen-bond acceptors (Lipinski definition) is 3. The average molecular weight is 387 g/mol. The van der Waals surface area contributed by atoms with E-state index in [4.69, 9.17) is 0 Å². The number of amides is 2. The van der Waals surface area contributed by atoms with Gasteiger partial charge in [-0.1, -0.05) is 30.3 Å². The van der Waals surface area contributed by atoms with Crippen molar-refractivity contribution in [2.75, 3.05) is 23.7 Å². The molecule has 3 aromatic carbocycles. The third kappa shape index (κ3) is 5.02. The quantitative estimate of drug-likeness (QED) is 0.588. The molecule has 0 heterocycles. The Hall–Kier alpha value is -3.60. The molecular formula is C24H25N3O2. The highest BCUT2D eigenvalue weighted by atomic mass is 16.2.